The van der Waals surface area contributed by atoms with E-state index >= 15 is 0 Å². The lowest BCUT2D eigenvalue weighted by atomic mass is 9.71. The molecule has 0 atom stereocenters. The van der Waals surface area contributed by atoms with Gasteiger partial charge in [0.15, 0.2) is 0 Å². The molecule has 18 heavy (non-hydrogen) atoms. The molecule has 0 heterocycles. The first kappa shape index (κ1) is 13.8. The molecule has 0 amide bonds. The Morgan fingerprint density at radius 1 is 1.22 bits per heavy atom. The maximum atomic E-state index is 6.11. The Bertz CT molecular complexity index is 396. The van der Waals surface area contributed by atoms with Crippen LogP contribution in [0.2, 0.25) is 0 Å². The summed E-state index contributed by atoms with van der Waals surface area (Å²) in [5.41, 5.74) is 1.75. The van der Waals surface area contributed by atoms with E-state index in [0.717, 1.165) is 18.1 Å². The van der Waals surface area contributed by atoms with Crippen LogP contribution < -0.4 is 4.74 Å². The van der Waals surface area contributed by atoms with Crippen molar-refractivity contribution in [3.05, 3.63) is 29.8 Å². The second-order valence-corrected chi connectivity index (χ2v) is 6.86. The van der Waals surface area contributed by atoms with Crippen LogP contribution in [-0.4, -0.2) is 12.4 Å². The maximum absolute atomic E-state index is 6.11. The van der Waals surface area contributed by atoms with Gasteiger partial charge >= 0.3 is 0 Å². The van der Waals surface area contributed by atoms with Crippen molar-refractivity contribution >= 4 is 12.6 Å². The minimum atomic E-state index is 0.129. The fourth-order valence-electron chi connectivity index (χ4n) is 2.47. The molecule has 0 radical (unpaired) electrons. The van der Waals surface area contributed by atoms with Crippen LogP contribution in [-0.2, 0) is 5.41 Å². The van der Waals surface area contributed by atoms with Crippen molar-refractivity contribution in [2.24, 2.45) is 5.41 Å². The van der Waals surface area contributed by atoms with Crippen LogP contribution >= 0.6 is 12.6 Å². The Morgan fingerprint density at radius 3 is 2.39 bits per heavy atom. The highest BCUT2D eigenvalue weighted by Gasteiger charge is 2.36. The van der Waals surface area contributed by atoms with Gasteiger partial charge in [0.1, 0.15) is 5.75 Å². The molecule has 0 bridgehead atoms. The second-order valence-electron chi connectivity index (χ2n) is 6.55. The summed E-state index contributed by atoms with van der Waals surface area (Å²) in [5.74, 6) is 1.98. The average Bonchev–Trinajstić information content (AvgIpc) is 2.27. The summed E-state index contributed by atoms with van der Waals surface area (Å²) in [4.78, 5) is 0. The number of benzene rings is 1. The zero-order chi connectivity index (χ0) is 13.2. The van der Waals surface area contributed by atoms with E-state index in [1.807, 2.05) is 0 Å². The summed E-state index contributed by atoms with van der Waals surface area (Å²) in [6, 6.07) is 8.40. The van der Waals surface area contributed by atoms with Crippen LogP contribution in [0.4, 0.5) is 0 Å². The highest BCUT2D eigenvalue weighted by Crippen LogP contribution is 2.42. The normalized spacial score (nSPS) is 18.2. The van der Waals surface area contributed by atoms with Gasteiger partial charge in [0.2, 0.25) is 0 Å². The van der Waals surface area contributed by atoms with Gasteiger partial charge in [0.25, 0.3) is 0 Å². The van der Waals surface area contributed by atoms with Gasteiger partial charge in [0.05, 0.1) is 6.61 Å². The molecule has 1 aromatic rings. The molecule has 1 nitrogen and oxygen atoms in total. The summed E-state index contributed by atoms with van der Waals surface area (Å²) in [5, 5.41) is 0. The van der Waals surface area contributed by atoms with Crippen LogP contribution in [0.15, 0.2) is 24.3 Å². The molecule has 0 aliphatic heterocycles. The van der Waals surface area contributed by atoms with E-state index in [2.05, 4.69) is 57.7 Å². The number of hydrogen-bond donors (Lipinski definition) is 1. The first-order valence-corrected chi connectivity index (χ1v) is 7.43. The largest absolute Gasteiger partial charge is 0.493 e. The van der Waals surface area contributed by atoms with Gasteiger partial charge in [-0.15, -0.1) is 0 Å². The van der Waals surface area contributed by atoms with Crippen molar-refractivity contribution in [3.8, 4) is 5.75 Å². The van der Waals surface area contributed by atoms with Gasteiger partial charge in [-0.3, -0.25) is 0 Å². The molecule has 1 fully saturated rings. The SMILES string of the molecule is CC(C)(C)c1ccccc1OCC1(CS)CCC1. The smallest absolute Gasteiger partial charge is 0.123 e. The highest BCUT2D eigenvalue weighted by atomic mass is 32.1. The zero-order valence-corrected chi connectivity index (χ0v) is 12.6. The summed E-state index contributed by atoms with van der Waals surface area (Å²) >= 11 is 4.48. The Morgan fingerprint density at radius 2 is 1.89 bits per heavy atom. The lowest BCUT2D eigenvalue weighted by Gasteiger charge is -2.40. The number of thiol groups is 1. The second kappa shape index (κ2) is 5.16. The number of hydrogen-bond acceptors (Lipinski definition) is 2. The Hall–Kier alpha value is -0.630. The van der Waals surface area contributed by atoms with Gasteiger partial charge in [-0.05, 0) is 35.6 Å². The van der Waals surface area contributed by atoms with Crippen molar-refractivity contribution in [3.63, 3.8) is 0 Å². The van der Waals surface area contributed by atoms with Crippen LogP contribution in [0, 0.1) is 5.41 Å². The van der Waals surface area contributed by atoms with Crippen molar-refractivity contribution in [1.29, 1.82) is 0 Å². The molecule has 0 saturated heterocycles. The van der Waals surface area contributed by atoms with Crippen LogP contribution in [0.3, 0.4) is 0 Å². The molecule has 0 spiro atoms. The third-order valence-electron chi connectivity index (χ3n) is 3.98. The van der Waals surface area contributed by atoms with Crippen LogP contribution in [0.1, 0.15) is 45.6 Å². The van der Waals surface area contributed by atoms with E-state index in [9.17, 15) is 0 Å². The van der Waals surface area contributed by atoms with Gasteiger partial charge < -0.3 is 4.74 Å². The molecule has 1 aliphatic rings. The molecule has 100 valence electrons. The summed E-state index contributed by atoms with van der Waals surface area (Å²) < 4.78 is 6.11. The Balaban J connectivity index is 2.10. The molecule has 2 heteroatoms. The van der Waals surface area contributed by atoms with E-state index in [1.165, 1.54) is 24.8 Å². The molecule has 1 aliphatic carbocycles. The van der Waals surface area contributed by atoms with Crippen LogP contribution in [0.25, 0.3) is 0 Å². The average molecular weight is 264 g/mol. The lowest BCUT2D eigenvalue weighted by molar-refractivity contribution is 0.0818. The fourth-order valence-corrected chi connectivity index (χ4v) is 2.88. The summed E-state index contributed by atoms with van der Waals surface area (Å²) in [6.07, 6.45) is 3.84. The minimum Gasteiger partial charge on any atom is -0.493 e. The zero-order valence-electron chi connectivity index (χ0n) is 11.7. The van der Waals surface area contributed by atoms with Gasteiger partial charge in [-0.1, -0.05) is 45.4 Å². The third-order valence-corrected chi connectivity index (χ3v) is 4.65. The quantitative estimate of drug-likeness (QED) is 0.790. The third kappa shape index (κ3) is 2.85. The standard InChI is InChI=1S/C16H24OS/c1-15(2,3)13-7-4-5-8-14(13)17-11-16(12-18)9-6-10-16/h4-5,7-8,18H,6,9-12H2,1-3H3. The first-order chi connectivity index (χ1) is 8.47. The van der Waals surface area contributed by atoms with E-state index in [0.29, 0.717) is 5.41 Å². The molecule has 1 saturated carbocycles. The molecule has 2 rings (SSSR count). The monoisotopic (exact) mass is 264 g/mol. The fraction of sp³-hybridized carbons (Fsp3) is 0.625. The number of ether oxygens (including phenoxy) is 1. The Labute approximate surface area is 116 Å². The molecule has 1 aromatic carbocycles. The van der Waals surface area contributed by atoms with Crippen molar-refractivity contribution in [2.75, 3.05) is 12.4 Å². The van der Waals surface area contributed by atoms with E-state index in [-0.39, 0.29) is 5.41 Å². The van der Waals surface area contributed by atoms with Crippen LogP contribution in [0.5, 0.6) is 5.75 Å². The molecule has 0 unspecified atom stereocenters. The predicted molar refractivity (Wildman–Crippen MR) is 80.8 cm³/mol. The number of rotatable bonds is 4. The van der Waals surface area contributed by atoms with E-state index < -0.39 is 0 Å². The molecular formula is C16H24OS. The van der Waals surface area contributed by atoms with Gasteiger partial charge in [-0.25, -0.2) is 0 Å². The van der Waals surface area contributed by atoms with Crippen molar-refractivity contribution < 1.29 is 4.74 Å². The molecule has 0 aromatic heterocycles. The van der Waals surface area contributed by atoms with Crippen molar-refractivity contribution in [2.45, 2.75) is 45.4 Å². The van der Waals surface area contributed by atoms with Gasteiger partial charge in [-0.2, -0.15) is 12.6 Å². The topological polar surface area (TPSA) is 9.23 Å². The van der Waals surface area contributed by atoms with Crippen molar-refractivity contribution in [1.82, 2.24) is 0 Å². The molecular weight excluding hydrogens is 240 g/mol. The first-order valence-electron chi connectivity index (χ1n) is 6.80. The number of para-hydroxylation sites is 1. The van der Waals surface area contributed by atoms with Gasteiger partial charge in [0, 0.05) is 5.41 Å². The summed E-state index contributed by atoms with van der Waals surface area (Å²) in [6.45, 7) is 7.50. The highest BCUT2D eigenvalue weighted by molar-refractivity contribution is 7.80. The minimum absolute atomic E-state index is 0.129. The van der Waals surface area contributed by atoms with E-state index in [1.54, 1.807) is 0 Å². The molecule has 0 N–H and O–H groups in total. The van der Waals surface area contributed by atoms with E-state index in [4.69, 9.17) is 4.74 Å². The summed E-state index contributed by atoms with van der Waals surface area (Å²) in [7, 11) is 0. The predicted octanol–water partition coefficient (Wildman–Crippen LogP) is 4.46. The Kier molecular flexibility index (Phi) is 3.96. The lowest BCUT2D eigenvalue weighted by Crippen LogP contribution is -2.37. The maximum Gasteiger partial charge on any atom is 0.123 e.